The van der Waals surface area contributed by atoms with Gasteiger partial charge in [0.05, 0.1) is 11.4 Å². The molecule has 4 heteroatoms. The van der Waals surface area contributed by atoms with E-state index in [1.807, 2.05) is 12.4 Å². The number of amidine groups is 1. The Bertz CT molecular complexity index is 723. The van der Waals surface area contributed by atoms with Crippen LogP contribution in [-0.4, -0.2) is 39.8 Å². The van der Waals surface area contributed by atoms with E-state index in [2.05, 4.69) is 47.0 Å². The van der Waals surface area contributed by atoms with Crippen LogP contribution in [0.4, 0.5) is 0 Å². The van der Waals surface area contributed by atoms with E-state index in [1.165, 1.54) is 16.7 Å². The Kier molecular flexibility index (Phi) is 2.61. The first kappa shape index (κ1) is 12.5. The standard InChI is InChI=1S/C17H18N4/c1-12-20-17(10-21(12)2)6-13-4-3-5-15(16(13)7-17)14-8-18-11-19-9-14/h3-5,8-9,11H,6-7,10H2,1-2H3. The maximum Gasteiger partial charge on any atom is 0.115 e. The van der Waals surface area contributed by atoms with Crippen LogP contribution in [0.1, 0.15) is 18.1 Å². The van der Waals surface area contributed by atoms with Gasteiger partial charge < -0.3 is 4.90 Å². The van der Waals surface area contributed by atoms with Crippen molar-refractivity contribution in [2.45, 2.75) is 25.3 Å². The quantitative estimate of drug-likeness (QED) is 0.804. The largest absolute Gasteiger partial charge is 0.361 e. The van der Waals surface area contributed by atoms with Crippen molar-refractivity contribution >= 4 is 5.84 Å². The number of rotatable bonds is 1. The van der Waals surface area contributed by atoms with Crippen molar-refractivity contribution in [3.05, 3.63) is 48.0 Å². The van der Waals surface area contributed by atoms with Crippen LogP contribution in [0.15, 0.2) is 41.9 Å². The molecular formula is C17H18N4. The first-order valence-corrected chi connectivity index (χ1v) is 7.31. The molecule has 2 aliphatic rings. The highest BCUT2D eigenvalue weighted by molar-refractivity contribution is 5.82. The lowest BCUT2D eigenvalue weighted by molar-refractivity contribution is 0.386. The molecule has 0 saturated heterocycles. The van der Waals surface area contributed by atoms with Gasteiger partial charge in [-0.3, -0.25) is 4.99 Å². The lowest BCUT2D eigenvalue weighted by atomic mass is 9.95. The predicted octanol–water partition coefficient (Wildman–Crippen LogP) is 2.34. The van der Waals surface area contributed by atoms with Gasteiger partial charge in [0, 0.05) is 44.4 Å². The number of likely N-dealkylation sites (N-methyl/N-ethyl adjacent to an activating group) is 1. The Labute approximate surface area is 124 Å². The Hall–Kier alpha value is -2.23. The van der Waals surface area contributed by atoms with Crippen molar-refractivity contribution in [3.8, 4) is 11.1 Å². The minimum Gasteiger partial charge on any atom is -0.361 e. The fraction of sp³-hybridized carbons (Fsp3) is 0.353. The van der Waals surface area contributed by atoms with Gasteiger partial charge in [0.15, 0.2) is 0 Å². The summed E-state index contributed by atoms with van der Waals surface area (Å²) in [6.45, 7) is 3.11. The monoisotopic (exact) mass is 278 g/mol. The highest BCUT2D eigenvalue weighted by Crippen LogP contribution is 2.40. The van der Waals surface area contributed by atoms with Gasteiger partial charge in [-0.1, -0.05) is 18.2 Å². The van der Waals surface area contributed by atoms with E-state index in [-0.39, 0.29) is 5.54 Å². The first-order valence-electron chi connectivity index (χ1n) is 7.31. The molecule has 1 atom stereocenters. The molecule has 0 saturated carbocycles. The zero-order valence-corrected chi connectivity index (χ0v) is 12.4. The van der Waals surface area contributed by atoms with Gasteiger partial charge in [-0.25, -0.2) is 9.97 Å². The van der Waals surface area contributed by atoms with Crippen molar-refractivity contribution in [2.75, 3.05) is 13.6 Å². The Morgan fingerprint density at radius 2 is 1.95 bits per heavy atom. The third-order valence-corrected chi connectivity index (χ3v) is 4.65. The minimum absolute atomic E-state index is 0.0346. The number of aromatic nitrogens is 2. The minimum atomic E-state index is 0.0346. The number of benzene rings is 1. The highest BCUT2D eigenvalue weighted by Gasteiger charge is 2.42. The molecule has 106 valence electrons. The molecule has 1 unspecified atom stereocenters. The van der Waals surface area contributed by atoms with Crippen molar-refractivity contribution in [2.24, 2.45) is 4.99 Å². The molecular weight excluding hydrogens is 260 g/mol. The van der Waals surface area contributed by atoms with Crippen molar-refractivity contribution < 1.29 is 0 Å². The summed E-state index contributed by atoms with van der Waals surface area (Å²) in [5.74, 6) is 1.15. The highest BCUT2D eigenvalue weighted by atomic mass is 15.3. The fourth-order valence-electron chi connectivity index (χ4n) is 3.67. The number of aliphatic imine (C=N–C) groups is 1. The SMILES string of the molecule is CC1=NC2(Cc3cccc(-c4cncnc4)c3C2)CN1C. The summed E-state index contributed by atoms with van der Waals surface area (Å²) in [4.78, 5) is 15.5. The molecule has 1 aromatic carbocycles. The number of fused-ring (bicyclic) bond motifs is 1. The second-order valence-corrected chi connectivity index (χ2v) is 6.16. The van der Waals surface area contributed by atoms with Gasteiger partial charge in [-0.05, 0) is 23.6 Å². The van der Waals surface area contributed by atoms with E-state index in [9.17, 15) is 0 Å². The summed E-state index contributed by atoms with van der Waals surface area (Å²) in [7, 11) is 2.13. The van der Waals surface area contributed by atoms with Gasteiger partial charge in [-0.2, -0.15) is 0 Å². The van der Waals surface area contributed by atoms with Crippen LogP contribution in [0, 0.1) is 0 Å². The lowest BCUT2D eigenvalue weighted by Gasteiger charge is -2.20. The third kappa shape index (κ3) is 1.94. The molecule has 4 nitrogen and oxygen atoms in total. The summed E-state index contributed by atoms with van der Waals surface area (Å²) in [5, 5.41) is 0. The number of hydrogen-bond donors (Lipinski definition) is 0. The Morgan fingerprint density at radius 3 is 2.67 bits per heavy atom. The van der Waals surface area contributed by atoms with E-state index in [0.717, 1.165) is 30.8 Å². The summed E-state index contributed by atoms with van der Waals surface area (Å²) in [6.07, 6.45) is 7.40. The maximum atomic E-state index is 4.96. The fourth-order valence-corrected chi connectivity index (χ4v) is 3.67. The maximum absolute atomic E-state index is 4.96. The molecule has 2 heterocycles. The zero-order valence-electron chi connectivity index (χ0n) is 12.4. The van der Waals surface area contributed by atoms with Crippen LogP contribution in [0.2, 0.25) is 0 Å². The van der Waals surface area contributed by atoms with Crippen LogP contribution in [0.25, 0.3) is 11.1 Å². The summed E-state index contributed by atoms with van der Waals surface area (Å²) >= 11 is 0. The molecule has 0 fully saturated rings. The molecule has 0 N–H and O–H groups in total. The molecule has 1 aliphatic carbocycles. The third-order valence-electron chi connectivity index (χ3n) is 4.65. The van der Waals surface area contributed by atoms with Gasteiger partial charge in [0.1, 0.15) is 6.33 Å². The van der Waals surface area contributed by atoms with E-state index in [4.69, 9.17) is 4.99 Å². The Balaban J connectivity index is 1.78. The Morgan fingerprint density at radius 1 is 1.14 bits per heavy atom. The predicted molar refractivity (Wildman–Crippen MR) is 83.3 cm³/mol. The van der Waals surface area contributed by atoms with Gasteiger partial charge in [0.2, 0.25) is 0 Å². The molecule has 0 radical (unpaired) electrons. The van der Waals surface area contributed by atoms with Crippen LogP contribution in [0.5, 0.6) is 0 Å². The van der Waals surface area contributed by atoms with Crippen molar-refractivity contribution in [1.82, 2.24) is 14.9 Å². The molecule has 21 heavy (non-hydrogen) atoms. The van der Waals surface area contributed by atoms with Crippen molar-refractivity contribution in [1.29, 1.82) is 0 Å². The normalized spacial score (nSPS) is 23.5. The summed E-state index contributed by atoms with van der Waals surface area (Å²) < 4.78 is 0. The van der Waals surface area contributed by atoms with Gasteiger partial charge in [0.25, 0.3) is 0 Å². The average molecular weight is 278 g/mol. The molecule has 0 bridgehead atoms. The van der Waals surface area contributed by atoms with Crippen LogP contribution in [-0.2, 0) is 12.8 Å². The summed E-state index contributed by atoms with van der Waals surface area (Å²) in [6, 6.07) is 6.54. The second-order valence-electron chi connectivity index (χ2n) is 6.16. The second kappa shape index (κ2) is 4.38. The van der Waals surface area contributed by atoms with E-state index >= 15 is 0 Å². The lowest BCUT2D eigenvalue weighted by Crippen LogP contribution is -2.34. The van der Waals surface area contributed by atoms with Crippen molar-refractivity contribution in [3.63, 3.8) is 0 Å². The van der Waals surface area contributed by atoms with Crippen LogP contribution in [0.3, 0.4) is 0 Å². The van der Waals surface area contributed by atoms with Gasteiger partial charge in [-0.15, -0.1) is 0 Å². The van der Waals surface area contributed by atoms with E-state index < -0.39 is 0 Å². The average Bonchev–Trinajstić information content (AvgIpc) is 2.98. The molecule has 4 rings (SSSR count). The number of hydrogen-bond acceptors (Lipinski definition) is 4. The molecule has 1 spiro atoms. The molecule has 1 aromatic heterocycles. The van der Waals surface area contributed by atoms with Crippen LogP contribution < -0.4 is 0 Å². The summed E-state index contributed by atoms with van der Waals surface area (Å²) in [5.41, 5.74) is 5.22. The first-order chi connectivity index (χ1) is 10.2. The smallest absolute Gasteiger partial charge is 0.115 e. The van der Waals surface area contributed by atoms with Crippen LogP contribution >= 0.6 is 0 Å². The zero-order chi connectivity index (χ0) is 14.4. The molecule has 1 aliphatic heterocycles. The van der Waals surface area contributed by atoms with E-state index in [0.29, 0.717) is 0 Å². The molecule has 2 aromatic rings. The molecule has 0 amide bonds. The topological polar surface area (TPSA) is 41.4 Å². The van der Waals surface area contributed by atoms with Gasteiger partial charge >= 0.3 is 0 Å². The number of nitrogens with zero attached hydrogens (tertiary/aromatic N) is 4. The van der Waals surface area contributed by atoms with E-state index in [1.54, 1.807) is 6.33 Å².